The zero-order valence-electron chi connectivity index (χ0n) is 17.7. The van der Waals surface area contributed by atoms with Gasteiger partial charge in [0, 0.05) is 19.5 Å². The van der Waals surface area contributed by atoms with E-state index >= 15 is 0 Å². The first-order valence-electron chi connectivity index (χ1n) is 10.0. The molecule has 4 rings (SSSR count). The third kappa shape index (κ3) is 5.70. The average molecular weight is 466 g/mol. The number of para-hydroxylation sites is 1. The second-order valence-corrected chi connectivity index (χ2v) is 7.79. The molecule has 0 radical (unpaired) electrons. The van der Waals surface area contributed by atoms with Gasteiger partial charge in [-0.3, -0.25) is 29.3 Å². The molecular weight excluding hydrogens is 444 g/mol. The number of thioether (sulfide) groups is 1. The maximum Gasteiger partial charge on any atom is 0.302 e. The van der Waals surface area contributed by atoms with Gasteiger partial charge in [-0.25, -0.2) is 4.99 Å². The van der Waals surface area contributed by atoms with Crippen molar-refractivity contribution in [1.82, 2.24) is 10.3 Å². The molecule has 0 atom stereocenters. The number of carbonyl (C=O) groups excluding carboxylic acids is 2. The molecule has 33 heavy (non-hydrogen) atoms. The van der Waals surface area contributed by atoms with E-state index in [9.17, 15) is 9.59 Å². The highest BCUT2D eigenvalue weighted by Crippen LogP contribution is 2.29. The Labute approximate surface area is 193 Å². The lowest BCUT2D eigenvalue weighted by Gasteiger charge is -2.17. The molecule has 3 heterocycles. The van der Waals surface area contributed by atoms with E-state index < -0.39 is 0 Å². The first-order chi connectivity index (χ1) is 16.1. The van der Waals surface area contributed by atoms with Gasteiger partial charge in [-0.15, -0.1) is 0 Å². The summed E-state index contributed by atoms with van der Waals surface area (Å²) >= 11 is 1.15. The highest BCUT2D eigenvalue weighted by molar-refractivity contribution is 8.14. The Hall–Kier alpha value is -3.83. The van der Waals surface area contributed by atoms with Crippen LogP contribution in [0.3, 0.4) is 0 Å². The maximum atomic E-state index is 13.1. The number of aliphatic imine (C=N–C) groups is 1. The van der Waals surface area contributed by atoms with Crippen LogP contribution in [-0.2, 0) is 20.9 Å². The van der Waals surface area contributed by atoms with Crippen LogP contribution >= 0.6 is 11.8 Å². The van der Waals surface area contributed by atoms with E-state index in [-0.39, 0.29) is 29.1 Å². The van der Waals surface area contributed by atoms with Crippen molar-refractivity contribution in [1.29, 1.82) is 0 Å². The highest BCUT2D eigenvalue weighted by Gasteiger charge is 2.32. The molecule has 10 nitrogen and oxygen atoms in total. The quantitative estimate of drug-likeness (QED) is 0.400. The van der Waals surface area contributed by atoms with Crippen LogP contribution in [0.2, 0.25) is 0 Å². The molecule has 0 saturated heterocycles. The van der Waals surface area contributed by atoms with Crippen molar-refractivity contribution >= 4 is 46.4 Å². The van der Waals surface area contributed by atoms with Crippen LogP contribution in [0.4, 0.5) is 11.6 Å². The molecule has 3 aromatic rings. The van der Waals surface area contributed by atoms with E-state index in [1.54, 1.807) is 37.8 Å². The second-order valence-electron chi connectivity index (χ2n) is 6.85. The smallest absolute Gasteiger partial charge is 0.302 e. The number of carbonyl (C=O) groups is 2. The van der Waals surface area contributed by atoms with Crippen molar-refractivity contribution < 1.29 is 23.5 Å². The van der Waals surface area contributed by atoms with Gasteiger partial charge in [-0.1, -0.05) is 36.0 Å². The Bertz CT molecular complexity index is 1180. The van der Waals surface area contributed by atoms with Crippen LogP contribution in [-0.4, -0.2) is 46.7 Å². The number of pyridine rings is 1. The molecule has 1 aromatic carbocycles. The molecule has 0 unspecified atom stereocenters. The molecule has 2 amide bonds. The summed E-state index contributed by atoms with van der Waals surface area (Å²) in [5.74, 6) is -0.350. The van der Waals surface area contributed by atoms with Crippen LogP contribution < -0.4 is 14.9 Å². The van der Waals surface area contributed by atoms with Gasteiger partial charge in [0.05, 0.1) is 11.4 Å². The summed E-state index contributed by atoms with van der Waals surface area (Å²) in [5.41, 5.74) is 1.69. The van der Waals surface area contributed by atoms with Gasteiger partial charge in [0.2, 0.25) is 17.7 Å². The molecule has 11 heteroatoms. The normalized spacial score (nSPS) is 14.6. The Morgan fingerprint density at radius 3 is 2.88 bits per heavy atom. The van der Waals surface area contributed by atoms with Crippen molar-refractivity contribution in [2.24, 2.45) is 4.99 Å². The van der Waals surface area contributed by atoms with Crippen LogP contribution in [0.25, 0.3) is 6.08 Å². The standard InChI is InChI=1S/C22H20N6O4S/c1-31-11-10-27-14-20(32-26-27)25-19(29)15-33-22-24-18(12-16-6-5-9-23-13-16)21(30)28(22)17-7-3-2-4-8-17/h2-9,12-14H,10-11,15H2,1H3/p+1/b18-12+. The molecule has 1 aliphatic heterocycles. The molecule has 1 aliphatic rings. The van der Waals surface area contributed by atoms with E-state index in [1.165, 1.54) is 9.58 Å². The number of ether oxygens (including phenoxy) is 1. The van der Waals surface area contributed by atoms with E-state index in [0.717, 1.165) is 17.3 Å². The number of amides is 2. The lowest BCUT2D eigenvalue weighted by atomic mass is 10.2. The number of anilines is 2. The first kappa shape index (κ1) is 22.4. The van der Waals surface area contributed by atoms with E-state index in [1.807, 2.05) is 36.4 Å². The van der Waals surface area contributed by atoms with Gasteiger partial charge in [-0.2, -0.15) is 0 Å². The molecule has 0 fully saturated rings. The van der Waals surface area contributed by atoms with E-state index in [0.29, 0.717) is 24.0 Å². The number of hydrogen-bond donors (Lipinski definition) is 1. The highest BCUT2D eigenvalue weighted by atomic mass is 32.2. The third-order valence-electron chi connectivity index (χ3n) is 4.46. The minimum Gasteiger partial charge on any atom is -0.378 e. The fourth-order valence-corrected chi connectivity index (χ4v) is 3.76. The summed E-state index contributed by atoms with van der Waals surface area (Å²) in [7, 11) is 1.59. The number of methoxy groups -OCH3 is 1. The Kier molecular flexibility index (Phi) is 7.22. The number of nitrogens with zero attached hydrogens (tertiary/aromatic N) is 5. The molecule has 0 bridgehead atoms. The van der Waals surface area contributed by atoms with Crippen LogP contribution in [0.5, 0.6) is 0 Å². The third-order valence-corrected chi connectivity index (χ3v) is 5.40. The van der Waals surface area contributed by atoms with Gasteiger partial charge in [-0.05, 0) is 34.5 Å². The number of amidine groups is 1. The molecular formula is C22H21N6O4S+. The van der Waals surface area contributed by atoms with Crippen LogP contribution in [0.1, 0.15) is 5.56 Å². The lowest BCUT2D eigenvalue weighted by Crippen LogP contribution is -2.36. The van der Waals surface area contributed by atoms with Crippen molar-refractivity contribution in [2.45, 2.75) is 6.54 Å². The molecule has 0 aliphatic carbocycles. The number of hydrogen-bond acceptors (Lipinski definition) is 8. The Balaban J connectivity index is 1.47. The van der Waals surface area contributed by atoms with Crippen molar-refractivity contribution in [3.05, 3.63) is 72.3 Å². The Morgan fingerprint density at radius 1 is 1.27 bits per heavy atom. The monoisotopic (exact) mass is 465 g/mol. The first-order valence-corrected chi connectivity index (χ1v) is 11.0. The molecule has 0 spiro atoms. The Morgan fingerprint density at radius 2 is 2.12 bits per heavy atom. The van der Waals surface area contributed by atoms with Gasteiger partial charge >= 0.3 is 5.88 Å². The SMILES string of the molecule is COCC[n+]1cc(NC(=O)CSC2=N/C(=C/c3cccnc3)C(=O)N2c2ccccc2)on1. The second kappa shape index (κ2) is 10.7. The van der Waals surface area contributed by atoms with Gasteiger partial charge in [0.15, 0.2) is 5.17 Å². The summed E-state index contributed by atoms with van der Waals surface area (Å²) in [4.78, 5) is 35.6. The number of aromatic nitrogens is 3. The molecule has 0 saturated carbocycles. The average Bonchev–Trinajstić information content (AvgIpc) is 3.41. The zero-order valence-corrected chi connectivity index (χ0v) is 18.6. The predicted molar refractivity (Wildman–Crippen MR) is 123 cm³/mol. The van der Waals surface area contributed by atoms with Crippen LogP contribution in [0, 0.1) is 0 Å². The zero-order chi connectivity index (χ0) is 23.0. The van der Waals surface area contributed by atoms with Gasteiger partial charge < -0.3 is 4.74 Å². The summed E-state index contributed by atoms with van der Waals surface area (Å²) in [6.45, 7) is 0.972. The fourth-order valence-electron chi connectivity index (χ4n) is 2.94. The molecule has 168 valence electrons. The minimum atomic E-state index is -0.317. The van der Waals surface area contributed by atoms with Crippen LogP contribution in [0.15, 0.2) is 76.3 Å². The summed E-state index contributed by atoms with van der Waals surface area (Å²) in [6.07, 6.45) is 6.55. The summed E-state index contributed by atoms with van der Waals surface area (Å²) < 4.78 is 11.6. The summed E-state index contributed by atoms with van der Waals surface area (Å²) in [5, 5.41) is 6.86. The number of nitrogens with one attached hydrogen (secondary N) is 1. The predicted octanol–water partition coefficient (Wildman–Crippen LogP) is 2.12. The van der Waals surface area contributed by atoms with Crippen molar-refractivity contribution in [3.8, 4) is 0 Å². The maximum absolute atomic E-state index is 13.1. The van der Waals surface area contributed by atoms with Gasteiger partial charge in [0.1, 0.15) is 12.3 Å². The van der Waals surface area contributed by atoms with Crippen molar-refractivity contribution in [2.75, 3.05) is 29.7 Å². The van der Waals surface area contributed by atoms with Crippen molar-refractivity contribution in [3.63, 3.8) is 0 Å². The van der Waals surface area contributed by atoms with E-state index in [2.05, 4.69) is 20.6 Å². The number of rotatable bonds is 8. The molecule has 2 aromatic heterocycles. The fraction of sp³-hybridized carbons (Fsp3) is 0.182. The number of benzene rings is 1. The lowest BCUT2D eigenvalue weighted by molar-refractivity contribution is -0.763. The molecule has 1 N–H and O–H groups in total. The minimum absolute atomic E-state index is 0.0222. The van der Waals surface area contributed by atoms with E-state index in [4.69, 9.17) is 9.26 Å². The largest absolute Gasteiger partial charge is 0.378 e. The summed E-state index contributed by atoms with van der Waals surface area (Å²) in [6, 6.07) is 12.8. The van der Waals surface area contributed by atoms with Gasteiger partial charge in [0.25, 0.3) is 12.1 Å². The topological polar surface area (TPSA) is 114 Å².